The average molecular weight is 620 g/mol. The standard InChI is InChI=1S/C33H37N3O9/c1-23(37)43-22-44-33(40)36(20-25-13-18-29(41-3)30(19-25)45-28-11-7-8-12-28)35(2)31(38)26-14-16-27(17-15-26)34-32(39)42-21-24-9-5-4-6-10-24/h4-6,9-10,13-19,28H,7-8,11-12,20-22H2,1-3H3,(H,34,39). The van der Waals surface area contributed by atoms with Crippen molar-refractivity contribution in [2.24, 2.45) is 0 Å². The van der Waals surface area contributed by atoms with Gasteiger partial charge in [0.15, 0.2) is 11.5 Å². The number of anilines is 1. The summed E-state index contributed by atoms with van der Waals surface area (Å²) in [7, 11) is 2.97. The van der Waals surface area contributed by atoms with Crippen molar-refractivity contribution in [3.8, 4) is 11.5 Å². The largest absolute Gasteiger partial charge is 0.493 e. The van der Waals surface area contributed by atoms with Gasteiger partial charge < -0.3 is 23.7 Å². The van der Waals surface area contributed by atoms with Gasteiger partial charge in [0.1, 0.15) is 6.61 Å². The lowest BCUT2D eigenvalue weighted by Crippen LogP contribution is -2.47. The van der Waals surface area contributed by atoms with Crippen LogP contribution >= 0.6 is 0 Å². The van der Waals surface area contributed by atoms with E-state index in [1.807, 2.05) is 30.3 Å². The molecule has 3 aromatic rings. The Morgan fingerprint density at radius 1 is 0.844 bits per heavy atom. The number of ether oxygens (including phenoxy) is 5. The number of nitrogens with one attached hydrogen (secondary N) is 1. The molecule has 0 heterocycles. The van der Waals surface area contributed by atoms with Crippen molar-refractivity contribution in [3.05, 3.63) is 89.5 Å². The Morgan fingerprint density at radius 2 is 1.56 bits per heavy atom. The fourth-order valence-electron chi connectivity index (χ4n) is 4.67. The third-order valence-corrected chi connectivity index (χ3v) is 7.06. The molecule has 3 amide bonds. The summed E-state index contributed by atoms with van der Waals surface area (Å²) in [6.07, 6.45) is 2.60. The van der Waals surface area contributed by atoms with Gasteiger partial charge in [-0.3, -0.25) is 14.9 Å². The van der Waals surface area contributed by atoms with E-state index in [0.717, 1.165) is 41.3 Å². The third kappa shape index (κ3) is 9.62. The van der Waals surface area contributed by atoms with Gasteiger partial charge in [0.2, 0.25) is 6.79 Å². The van der Waals surface area contributed by atoms with E-state index >= 15 is 0 Å². The van der Waals surface area contributed by atoms with E-state index in [1.165, 1.54) is 26.1 Å². The van der Waals surface area contributed by atoms with Crippen LogP contribution in [0.5, 0.6) is 11.5 Å². The molecule has 1 fully saturated rings. The molecular formula is C33H37N3O9. The summed E-state index contributed by atoms with van der Waals surface area (Å²) in [5, 5.41) is 4.81. The number of hydrogen-bond donors (Lipinski definition) is 1. The summed E-state index contributed by atoms with van der Waals surface area (Å²) < 4.78 is 26.8. The van der Waals surface area contributed by atoms with Gasteiger partial charge in [0.05, 0.1) is 19.8 Å². The lowest BCUT2D eigenvalue weighted by molar-refractivity contribution is -0.150. The molecule has 4 rings (SSSR count). The van der Waals surface area contributed by atoms with E-state index in [-0.39, 0.29) is 24.8 Å². The second-order valence-corrected chi connectivity index (χ2v) is 10.3. The second kappa shape index (κ2) is 16.0. The average Bonchev–Trinajstić information content (AvgIpc) is 3.56. The fraction of sp³-hybridized carbons (Fsp3) is 0.333. The van der Waals surface area contributed by atoms with Gasteiger partial charge in [-0.1, -0.05) is 36.4 Å². The number of amides is 3. The Kier molecular flexibility index (Phi) is 11.6. The third-order valence-electron chi connectivity index (χ3n) is 7.06. The first kappa shape index (κ1) is 32.6. The van der Waals surface area contributed by atoms with Gasteiger partial charge >= 0.3 is 18.2 Å². The topological polar surface area (TPSA) is 133 Å². The molecule has 0 aliphatic heterocycles. The van der Waals surface area contributed by atoms with Crippen LogP contribution in [0.3, 0.4) is 0 Å². The van der Waals surface area contributed by atoms with Crippen molar-refractivity contribution < 1.29 is 42.9 Å². The first-order valence-corrected chi connectivity index (χ1v) is 14.5. The number of hydrazine groups is 1. The molecule has 0 radical (unpaired) electrons. The predicted octanol–water partition coefficient (Wildman–Crippen LogP) is 5.91. The van der Waals surface area contributed by atoms with Gasteiger partial charge in [-0.25, -0.2) is 19.6 Å². The summed E-state index contributed by atoms with van der Waals surface area (Å²) >= 11 is 0. The van der Waals surface area contributed by atoms with Gasteiger partial charge in [-0.2, -0.15) is 0 Å². The van der Waals surface area contributed by atoms with Gasteiger partial charge in [-0.05, 0) is 73.2 Å². The van der Waals surface area contributed by atoms with E-state index < -0.39 is 30.9 Å². The van der Waals surface area contributed by atoms with Crippen molar-refractivity contribution in [2.75, 3.05) is 26.3 Å². The first-order valence-electron chi connectivity index (χ1n) is 14.5. The van der Waals surface area contributed by atoms with Gasteiger partial charge in [0.25, 0.3) is 5.91 Å². The Hall–Kier alpha value is -5.26. The lowest BCUT2D eigenvalue weighted by atomic mass is 10.1. The Labute approximate surface area is 261 Å². The maximum Gasteiger partial charge on any atom is 0.432 e. The molecule has 0 unspecified atom stereocenters. The van der Waals surface area contributed by atoms with Crippen molar-refractivity contribution in [2.45, 2.75) is 51.9 Å². The molecular weight excluding hydrogens is 582 g/mol. The van der Waals surface area contributed by atoms with Crippen LogP contribution < -0.4 is 14.8 Å². The molecule has 0 spiro atoms. The first-order chi connectivity index (χ1) is 21.7. The predicted molar refractivity (Wildman–Crippen MR) is 163 cm³/mol. The molecule has 1 saturated carbocycles. The van der Waals surface area contributed by atoms with Gasteiger partial charge in [-0.15, -0.1) is 0 Å². The summed E-state index contributed by atoms with van der Waals surface area (Å²) in [5.41, 5.74) is 2.14. The lowest BCUT2D eigenvalue weighted by Gasteiger charge is -2.31. The Balaban J connectivity index is 1.45. The van der Waals surface area contributed by atoms with Crippen LogP contribution in [0.4, 0.5) is 15.3 Å². The van der Waals surface area contributed by atoms with Crippen LogP contribution in [0.1, 0.15) is 54.1 Å². The zero-order valence-electron chi connectivity index (χ0n) is 25.5. The Bertz CT molecular complexity index is 1460. The van der Waals surface area contributed by atoms with E-state index in [9.17, 15) is 19.2 Å². The number of carbonyl (C=O) groups is 4. The minimum absolute atomic E-state index is 0.0704. The van der Waals surface area contributed by atoms with Crippen LogP contribution in [0.25, 0.3) is 0 Å². The van der Waals surface area contributed by atoms with Crippen molar-refractivity contribution in [1.29, 1.82) is 0 Å². The molecule has 1 aliphatic carbocycles. The number of rotatable bonds is 11. The highest BCUT2D eigenvalue weighted by molar-refractivity contribution is 5.95. The maximum atomic E-state index is 13.5. The number of esters is 1. The SMILES string of the molecule is COc1ccc(CN(C(=O)OCOC(C)=O)N(C)C(=O)c2ccc(NC(=O)OCc3ccccc3)cc2)cc1OC1CCCC1. The van der Waals surface area contributed by atoms with Crippen molar-refractivity contribution >= 4 is 29.8 Å². The van der Waals surface area contributed by atoms with Crippen LogP contribution in [0.2, 0.25) is 0 Å². The van der Waals surface area contributed by atoms with Crippen LogP contribution in [-0.2, 0) is 32.2 Å². The Morgan fingerprint density at radius 3 is 2.22 bits per heavy atom. The molecule has 3 aromatic carbocycles. The highest BCUT2D eigenvalue weighted by Crippen LogP contribution is 2.33. The monoisotopic (exact) mass is 619 g/mol. The molecule has 12 nitrogen and oxygen atoms in total. The fourth-order valence-corrected chi connectivity index (χ4v) is 4.67. The molecule has 238 valence electrons. The van der Waals surface area contributed by atoms with Gasteiger partial charge in [0, 0.05) is 25.2 Å². The summed E-state index contributed by atoms with van der Waals surface area (Å²) in [6.45, 7) is 0.608. The second-order valence-electron chi connectivity index (χ2n) is 10.3. The summed E-state index contributed by atoms with van der Waals surface area (Å²) in [6, 6.07) is 20.6. The van der Waals surface area contributed by atoms with E-state index in [0.29, 0.717) is 22.7 Å². The zero-order valence-corrected chi connectivity index (χ0v) is 25.5. The van der Waals surface area contributed by atoms with Crippen LogP contribution in [0, 0.1) is 0 Å². The van der Waals surface area contributed by atoms with Crippen molar-refractivity contribution in [1.82, 2.24) is 10.0 Å². The quantitative estimate of drug-likeness (QED) is 0.158. The van der Waals surface area contributed by atoms with E-state index in [4.69, 9.17) is 23.7 Å². The number of carbonyl (C=O) groups excluding carboxylic acids is 4. The highest BCUT2D eigenvalue weighted by Gasteiger charge is 2.27. The number of nitrogens with zero attached hydrogens (tertiary/aromatic N) is 2. The number of methoxy groups -OCH3 is 1. The van der Waals surface area contributed by atoms with E-state index in [1.54, 1.807) is 37.4 Å². The number of benzene rings is 3. The smallest absolute Gasteiger partial charge is 0.432 e. The zero-order chi connectivity index (χ0) is 32.2. The molecule has 1 N–H and O–H groups in total. The normalized spacial score (nSPS) is 12.5. The van der Waals surface area contributed by atoms with E-state index in [2.05, 4.69) is 5.32 Å². The highest BCUT2D eigenvalue weighted by atomic mass is 16.7. The number of hydrogen-bond acceptors (Lipinski definition) is 9. The minimum atomic E-state index is -0.916. The van der Waals surface area contributed by atoms with Crippen LogP contribution in [-0.4, -0.2) is 61.1 Å². The molecule has 0 aromatic heterocycles. The minimum Gasteiger partial charge on any atom is -0.493 e. The molecule has 0 saturated heterocycles. The summed E-state index contributed by atoms with van der Waals surface area (Å²) in [4.78, 5) is 50.0. The maximum absolute atomic E-state index is 13.5. The van der Waals surface area contributed by atoms with Crippen LogP contribution in [0.15, 0.2) is 72.8 Å². The molecule has 0 bridgehead atoms. The molecule has 45 heavy (non-hydrogen) atoms. The molecule has 1 aliphatic rings. The summed E-state index contributed by atoms with van der Waals surface area (Å²) in [5.74, 6) is -0.0694. The molecule has 12 heteroatoms. The van der Waals surface area contributed by atoms with Crippen molar-refractivity contribution in [3.63, 3.8) is 0 Å². The molecule has 0 atom stereocenters.